The zero-order chi connectivity index (χ0) is 14.8. The van der Waals surface area contributed by atoms with Crippen LogP contribution >= 0.6 is 11.8 Å². The van der Waals surface area contributed by atoms with Crippen molar-refractivity contribution in [2.45, 2.75) is 25.7 Å². The highest BCUT2D eigenvalue weighted by molar-refractivity contribution is 8.00. The van der Waals surface area contributed by atoms with Gasteiger partial charge in [-0.15, -0.1) is 11.8 Å². The molecule has 1 aromatic heterocycles. The molecule has 0 saturated carbocycles. The molecule has 3 rings (SSSR count). The molecule has 3 heterocycles. The van der Waals surface area contributed by atoms with Gasteiger partial charge >= 0.3 is 0 Å². The van der Waals surface area contributed by atoms with E-state index in [4.69, 9.17) is 4.52 Å². The lowest BCUT2D eigenvalue weighted by Crippen LogP contribution is -2.45. The number of carbonyl (C=O) groups excluding carboxylic acids is 2. The summed E-state index contributed by atoms with van der Waals surface area (Å²) in [5, 5.41) is 3.96. The molecule has 21 heavy (non-hydrogen) atoms. The third-order valence-electron chi connectivity index (χ3n) is 3.83. The number of carbonyl (C=O) groups is 2. The number of hydrogen-bond donors (Lipinski definition) is 0. The maximum Gasteiger partial charge on any atom is 0.242 e. The Morgan fingerprint density at radius 2 is 2.38 bits per heavy atom. The SMILES string of the molecule is Cc1nc([C@@H]2CCCN(C(=O)CN3CSCC3=O)C2)no1. The molecule has 0 radical (unpaired) electrons. The number of amides is 2. The Bertz CT molecular complexity index is 547. The fourth-order valence-corrected chi connectivity index (χ4v) is 3.60. The fourth-order valence-electron chi connectivity index (χ4n) is 2.70. The maximum atomic E-state index is 12.3. The second-order valence-electron chi connectivity index (χ2n) is 5.42. The van der Waals surface area contributed by atoms with E-state index in [1.54, 1.807) is 23.6 Å². The third-order valence-corrected chi connectivity index (χ3v) is 4.78. The number of nitrogens with zero attached hydrogens (tertiary/aromatic N) is 4. The van der Waals surface area contributed by atoms with E-state index in [0.717, 1.165) is 19.4 Å². The average Bonchev–Trinajstić information content (AvgIpc) is 3.08. The fraction of sp³-hybridized carbons (Fsp3) is 0.692. The third kappa shape index (κ3) is 3.20. The van der Waals surface area contributed by atoms with Gasteiger partial charge in [0.1, 0.15) is 6.54 Å². The van der Waals surface area contributed by atoms with E-state index in [9.17, 15) is 9.59 Å². The van der Waals surface area contributed by atoms with E-state index >= 15 is 0 Å². The van der Waals surface area contributed by atoms with E-state index in [1.165, 1.54) is 0 Å². The van der Waals surface area contributed by atoms with Gasteiger partial charge in [0.25, 0.3) is 0 Å². The molecule has 1 atom stereocenters. The smallest absolute Gasteiger partial charge is 0.242 e. The van der Waals surface area contributed by atoms with Crippen molar-refractivity contribution in [1.82, 2.24) is 19.9 Å². The van der Waals surface area contributed by atoms with Crippen LogP contribution in [0.3, 0.4) is 0 Å². The van der Waals surface area contributed by atoms with Gasteiger partial charge in [-0.1, -0.05) is 5.16 Å². The number of likely N-dealkylation sites (tertiary alicyclic amines) is 1. The van der Waals surface area contributed by atoms with Crippen molar-refractivity contribution in [3.8, 4) is 0 Å². The number of thioether (sulfide) groups is 1. The number of rotatable bonds is 3. The van der Waals surface area contributed by atoms with Gasteiger partial charge in [0.05, 0.1) is 11.6 Å². The molecule has 2 saturated heterocycles. The molecule has 0 bridgehead atoms. The molecule has 0 aromatic carbocycles. The molecule has 2 amide bonds. The zero-order valence-electron chi connectivity index (χ0n) is 11.9. The Balaban J connectivity index is 1.60. The largest absolute Gasteiger partial charge is 0.340 e. The summed E-state index contributed by atoms with van der Waals surface area (Å²) in [4.78, 5) is 31.6. The summed E-state index contributed by atoms with van der Waals surface area (Å²) in [5.74, 6) is 2.52. The van der Waals surface area contributed by atoms with Crippen LogP contribution in [-0.2, 0) is 9.59 Å². The van der Waals surface area contributed by atoms with Crippen molar-refractivity contribution in [2.75, 3.05) is 31.3 Å². The van der Waals surface area contributed by atoms with Gasteiger partial charge in [0.2, 0.25) is 17.7 Å². The summed E-state index contributed by atoms with van der Waals surface area (Å²) in [6.07, 6.45) is 1.88. The van der Waals surface area contributed by atoms with Gasteiger partial charge in [0, 0.05) is 25.9 Å². The highest BCUT2D eigenvalue weighted by Gasteiger charge is 2.30. The lowest BCUT2D eigenvalue weighted by Gasteiger charge is -2.32. The molecule has 8 heteroatoms. The van der Waals surface area contributed by atoms with Crippen LogP contribution < -0.4 is 0 Å². The molecule has 2 aliphatic heterocycles. The van der Waals surface area contributed by atoms with Gasteiger partial charge in [-0.2, -0.15) is 4.98 Å². The van der Waals surface area contributed by atoms with E-state index in [1.807, 2.05) is 4.90 Å². The van der Waals surface area contributed by atoms with Crippen LogP contribution in [0.5, 0.6) is 0 Å². The van der Waals surface area contributed by atoms with Crippen LogP contribution in [0.15, 0.2) is 4.52 Å². The maximum absolute atomic E-state index is 12.3. The highest BCUT2D eigenvalue weighted by atomic mass is 32.2. The van der Waals surface area contributed by atoms with E-state index in [0.29, 0.717) is 29.9 Å². The summed E-state index contributed by atoms with van der Waals surface area (Å²) in [6, 6.07) is 0. The van der Waals surface area contributed by atoms with Gasteiger partial charge < -0.3 is 14.3 Å². The molecule has 1 aromatic rings. The van der Waals surface area contributed by atoms with Gasteiger partial charge in [-0.05, 0) is 12.8 Å². The number of piperidine rings is 1. The first-order chi connectivity index (χ1) is 10.1. The average molecular weight is 310 g/mol. The van der Waals surface area contributed by atoms with Gasteiger partial charge in [-0.25, -0.2) is 0 Å². The quantitative estimate of drug-likeness (QED) is 0.814. The summed E-state index contributed by atoms with van der Waals surface area (Å²) in [5.41, 5.74) is 0. The van der Waals surface area contributed by atoms with Crippen LogP contribution in [0.2, 0.25) is 0 Å². The van der Waals surface area contributed by atoms with Gasteiger partial charge in [0.15, 0.2) is 5.82 Å². The molecular weight excluding hydrogens is 292 g/mol. The molecule has 0 spiro atoms. The molecule has 114 valence electrons. The predicted octanol–water partition coefficient (Wildman–Crippen LogP) is 0.617. The predicted molar refractivity (Wildman–Crippen MR) is 76.6 cm³/mol. The minimum absolute atomic E-state index is 0.00997. The van der Waals surface area contributed by atoms with Crippen molar-refractivity contribution in [2.24, 2.45) is 0 Å². The molecule has 7 nitrogen and oxygen atoms in total. The van der Waals surface area contributed by atoms with Crippen molar-refractivity contribution in [1.29, 1.82) is 0 Å². The van der Waals surface area contributed by atoms with E-state index < -0.39 is 0 Å². The minimum atomic E-state index is 0.00997. The first kappa shape index (κ1) is 14.4. The molecule has 2 fully saturated rings. The van der Waals surface area contributed by atoms with Gasteiger partial charge in [-0.3, -0.25) is 9.59 Å². The van der Waals surface area contributed by atoms with Crippen molar-refractivity contribution in [3.05, 3.63) is 11.7 Å². The van der Waals surface area contributed by atoms with Crippen LogP contribution in [0.1, 0.15) is 30.5 Å². The van der Waals surface area contributed by atoms with Crippen LogP contribution in [0.4, 0.5) is 0 Å². The molecule has 0 N–H and O–H groups in total. The molecule has 0 unspecified atom stereocenters. The van der Waals surface area contributed by atoms with E-state index in [2.05, 4.69) is 10.1 Å². The summed E-state index contributed by atoms with van der Waals surface area (Å²) in [6.45, 7) is 3.29. The molecule has 2 aliphatic rings. The Kier molecular flexibility index (Phi) is 4.14. The van der Waals surface area contributed by atoms with Crippen LogP contribution in [0, 0.1) is 6.92 Å². The zero-order valence-corrected chi connectivity index (χ0v) is 12.8. The minimum Gasteiger partial charge on any atom is -0.340 e. The second-order valence-corrected chi connectivity index (χ2v) is 6.37. The number of aryl methyl sites for hydroxylation is 1. The standard InChI is InChI=1S/C13H18N4O3S/c1-9-14-13(15-20-9)10-3-2-4-16(5-10)11(18)6-17-8-21-7-12(17)19/h10H,2-8H2,1H3/t10-/m1/s1. The monoisotopic (exact) mass is 310 g/mol. The summed E-state index contributed by atoms with van der Waals surface area (Å²) >= 11 is 1.55. The Morgan fingerprint density at radius 3 is 3.05 bits per heavy atom. The Hall–Kier alpha value is -1.57. The van der Waals surface area contributed by atoms with Crippen LogP contribution in [0.25, 0.3) is 0 Å². The first-order valence-electron chi connectivity index (χ1n) is 7.07. The first-order valence-corrected chi connectivity index (χ1v) is 8.22. The van der Waals surface area contributed by atoms with Crippen molar-refractivity contribution in [3.63, 3.8) is 0 Å². The molecule has 0 aliphatic carbocycles. The summed E-state index contributed by atoms with van der Waals surface area (Å²) < 4.78 is 5.01. The lowest BCUT2D eigenvalue weighted by atomic mass is 9.97. The normalized spacial score (nSPS) is 22.9. The Labute approximate surface area is 127 Å². The lowest BCUT2D eigenvalue weighted by molar-refractivity contribution is -0.138. The van der Waals surface area contributed by atoms with Crippen molar-refractivity contribution < 1.29 is 14.1 Å². The number of aromatic nitrogens is 2. The van der Waals surface area contributed by atoms with Crippen LogP contribution in [-0.4, -0.2) is 63.0 Å². The topological polar surface area (TPSA) is 79.5 Å². The van der Waals surface area contributed by atoms with Crippen molar-refractivity contribution >= 4 is 23.6 Å². The number of hydrogen-bond acceptors (Lipinski definition) is 6. The Morgan fingerprint density at radius 1 is 1.52 bits per heavy atom. The second kappa shape index (κ2) is 6.05. The van der Waals surface area contributed by atoms with E-state index in [-0.39, 0.29) is 24.3 Å². The molecular formula is C13H18N4O3S. The highest BCUT2D eigenvalue weighted by Crippen LogP contribution is 2.25. The summed E-state index contributed by atoms with van der Waals surface area (Å²) in [7, 11) is 0.